The van der Waals surface area contributed by atoms with E-state index < -0.39 is 17.6 Å². The number of amides is 2. The van der Waals surface area contributed by atoms with Crippen LogP contribution in [0.2, 0.25) is 0 Å². The molecule has 212 valence electrons. The van der Waals surface area contributed by atoms with Crippen molar-refractivity contribution >= 4 is 76.3 Å². The summed E-state index contributed by atoms with van der Waals surface area (Å²) in [5.41, 5.74) is 15.2. The fourth-order valence-corrected chi connectivity index (χ4v) is 2.03. The highest BCUT2D eigenvalue weighted by Gasteiger charge is 2.03. The summed E-state index contributed by atoms with van der Waals surface area (Å²) in [6, 6.07) is 8.12. The SMILES string of the molecule is CC(=O)Nc1ccc(/C=N/NC(N)=S)c(F)c1.CC(=O)Nc1ccc(C=O)c(F)c1.CC(=O)O.NNC(N)=S. The van der Waals surface area contributed by atoms with Gasteiger partial charge in [-0.15, -0.1) is 0 Å². The van der Waals surface area contributed by atoms with Crippen LogP contribution < -0.4 is 38.8 Å². The molecule has 0 fully saturated rings. The molecule has 2 aromatic carbocycles. The Morgan fingerprint density at radius 3 is 1.54 bits per heavy atom. The number of anilines is 2. The predicted octanol–water partition coefficient (Wildman–Crippen LogP) is 1.33. The van der Waals surface area contributed by atoms with Gasteiger partial charge in [-0.2, -0.15) is 5.10 Å². The number of halogens is 2. The van der Waals surface area contributed by atoms with Crippen molar-refractivity contribution in [1.29, 1.82) is 0 Å². The number of hydrazone groups is 1. The molecule has 0 aliphatic carbocycles. The van der Waals surface area contributed by atoms with Crippen LogP contribution in [0, 0.1) is 11.6 Å². The summed E-state index contributed by atoms with van der Waals surface area (Å²) in [6.07, 6.45) is 1.67. The van der Waals surface area contributed by atoms with Crippen LogP contribution >= 0.6 is 24.4 Å². The van der Waals surface area contributed by atoms with Gasteiger partial charge in [-0.25, -0.2) is 14.6 Å². The number of benzene rings is 2. The van der Waals surface area contributed by atoms with Gasteiger partial charge in [0.05, 0.1) is 11.8 Å². The lowest BCUT2D eigenvalue weighted by Gasteiger charge is -2.03. The Morgan fingerprint density at radius 2 is 1.26 bits per heavy atom. The van der Waals surface area contributed by atoms with Crippen LogP contribution in [0.25, 0.3) is 0 Å². The molecule has 17 heteroatoms. The molecule has 11 N–H and O–H groups in total. The highest BCUT2D eigenvalue weighted by molar-refractivity contribution is 7.80. The van der Waals surface area contributed by atoms with E-state index in [0.717, 1.165) is 13.0 Å². The third-order valence-corrected chi connectivity index (χ3v) is 3.50. The Hall–Kier alpha value is -4.61. The number of carbonyl (C=O) groups excluding carboxylic acids is 3. The second-order valence-corrected chi connectivity index (χ2v) is 7.59. The van der Waals surface area contributed by atoms with Crippen molar-refractivity contribution in [2.24, 2.45) is 22.4 Å². The van der Waals surface area contributed by atoms with Crippen LogP contribution in [0.1, 0.15) is 36.7 Å². The first-order chi connectivity index (χ1) is 18.1. The van der Waals surface area contributed by atoms with Crippen molar-refractivity contribution in [2.45, 2.75) is 20.8 Å². The summed E-state index contributed by atoms with van der Waals surface area (Å²) >= 11 is 8.76. The first-order valence-electron chi connectivity index (χ1n) is 10.3. The molecule has 0 heterocycles. The number of hydrogen-bond acceptors (Lipinski definition) is 8. The largest absolute Gasteiger partial charge is 0.481 e. The number of carboxylic acid groups (broad SMARTS) is 1. The Bertz CT molecular complexity index is 1200. The maximum Gasteiger partial charge on any atom is 0.300 e. The van der Waals surface area contributed by atoms with Crippen LogP contribution in [0.5, 0.6) is 0 Å². The number of nitrogens with two attached hydrogens (primary N) is 3. The number of aliphatic carboxylic acids is 1. The van der Waals surface area contributed by atoms with E-state index in [1.807, 2.05) is 5.43 Å². The number of rotatable bonds is 5. The topological polar surface area (TPSA) is 227 Å². The standard InChI is InChI=1S/C10H11FN4OS.C9H8FNO2.C2H4O2.CH5N3S/c1-6(16)14-8-3-2-7(9(11)4-8)5-13-15-10(12)17;1-6(13)11-8-3-2-7(5-12)9(10)4-8;1-2(3)4;2-1(5)4-3/h2-5H,1H3,(H,14,16)(H3,12,15,17);2-5H,1H3,(H,11,13);1H3,(H,3,4);3H2,(H3,2,4,5)/b13-5+;;;. The zero-order valence-corrected chi connectivity index (χ0v) is 22.6. The lowest BCUT2D eigenvalue weighted by molar-refractivity contribution is -0.134. The fourth-order valence-electron chi connectivity index (χ4n) is 1.98. The predicted molar refractivity (Wildman–Crippen MR) is 152 cm³/mol. The van der Waals surface area contributed by atoms with Gasteiger partial charge >= 0.3 is 0 Å². The molecular formula is C22H28F2N8O5S2. The van der Waals surface area contributed by atoms with E-state index in [4.69, 9.17) is 21.4 Å². The van der Waals surface area contributed by atoms with Gasteiger partial charge in [0, 0.05) is 37.7 Å². The minimum Gasteiger partial charge on any atom is -0.481 e. The van der Waals surface area contributed by atoms with Crippen molar-refractivity contribution in [1.82, 2.24) is 10.9 Å². The number of hydrogen-bond donors (Lipinski definition) is 8. The van der Waals surface area contributed by atoms with Crippen molar-refractivity contribution in [3.05, 3.63) is 59.2 Å². The number of hydrazine groups is 1. The van der Waals surface area contributed by atoms with Crippen molar-refractivity contribution in [3.63, 3.8) is 0 Å². The summed E-state index contributed by atoms with van der Waals surface area (Å²) in [5, 5.41) is 16.0. The first kappa shape index (κ1) is 36.5. The molecule has 13 nitrogen and oxygen atoms in total. The van der Waals surface area contributed by atoms with Crippen LogP contribution in [0.15, 0.2) is 41.5 Å². The number of carbonyl (C=O) groups is 4. The average Bonchev–Trinajstić information content (AvgIpc) is 2.80. The number of carboxylic acids is 1. The molecule has 2 rings (SSSR count). The number of aldehydes is 1. The zero-order chi connectivity index (χ0) is 30.5. The van der Waals surface area contributed by atoms with E-state index in [1.165, 1.54) is 44.3 Å². The molecule has 39 heavy (non-hydrogen) atoms. The van der Waals surface area contributed by atoms with E-state index in [1.54, 1.807) is 6.07 Å². The molecule has 0 aromatic heterocycles. The molecule has 0 saturated carbocycles. The van der Waals surface area contributed by atoms with E-state index in [0.29, 0.717) is 17.7 Å². The summed E-state index contributed by atoms with van der Waals surface area (Å²) < 4.78 is 26.4. The fraction of sp³-hybridized carbons (Fsp3) is 0.136. The zero-order valence-electron chi connectivity index (χ0n) is 21.0. The lowest BCUT2D eigenvalue weighted by atomic mass is 10.2. The Balaban J connectivity index is 0. The van der Waals surface area contributed by atoms with E-state index in [-0.39, 0.29) is 33.2 Å². The van der Waals surface area contributed by atoms with E-state index in [9.17, 15) is 23.2 Å². The van der Waals surface area contributed by atoms with Crippen LogP contribution in [-0.2, 0) is 14.4 Å². The second-order valence-electron chi connectivity index (χ2n) is 6.71. The summed E-state index contributed by atoms with van der Waals surface area (Å²) in [5.74, 6) is 2.13. The number of thiocarbonyl (C=S) groups is 2. The van der Waals surface area contributed by atoms with Gasteiger partial charge < -0.3 is 32.6 Å². The Morgan fingerprint density at radius 1 is 0.872 bits per heavy atom. The number of nitrogens with zero attached hydrogens (tertiary/aromatic N) is 1. The molecule has 0 spiro atoms. The van der Waals surface area contributed by atoms with Gasteiger partial charge in [0.2, 0.25) is 11.8 Å². The second kappa shape index (κ2) is 20.4. The molecule has 0 aliphatic heterocycles. The van der Waals surface area contributed by atoms with Gasteiger partial charge in [-0.1, -0.05) is 0 Å². The molecule has 0 aliphatic rings. The Labute approximate surface area is 233 Å². The van der Waals surface area contributed by atoms with Crippen LogP contribution in [-0.4, -0.2) is 45.6 Å². The minimum absolute atomic E-state index is 0.00322. The lowest BCUT2D eigenvalue weighted by Crippen LogP contribution is -2.34. The molecule has 0 unspecified atom stereocenters. The normalized spacial score (nSPS) is 9.08. The highest BCUT2D eigenvalue weighted by atomic mass is 32.1. The van der Waals surface area contributed by atoms with Gasteiger partial charge in [-0.05, 0) is 60.8 Å². The van der Waals surface area contributed by atoms with Gasteiger partial charge in [-0.3, -0.25) is 24.6 Å². The molecule has 2 aromatic rings. The van der Waals surface area contributed by atoms with E-state index in [2.05, 4.69) is 51.4 Å². The molecule has 0 radical (unpaired) electrons. The van der Waals surface area contributed by atoms with Crippen molar-refractivity contribution < 1.29 is 33.1 Å². The smallest absolute Gasteiger partial charge is 0.300 e. The summed E-state index contributed by atoms with van der Waals surface area (Å²) in [4.78, 5) is 40.6. The maximum atomic E-state index is 13.5. The Kier molecular flexibility index (Phi) is 19.2. The van der Waals surface area contributed by atoms with Crippen LogP contribution in [0.4, 0.5) is 20.2 Å². The summed E-state index contributed by atoms with van der Waals surface area (Å²) in [6.45, 7) is 3.75. The molecule has 0 atom stereocenters. The average molecular weight is 587 g/mol. The van der Waals surface area contributed by atoms with Gasteiger partial charge in [0.25, 0.3) is 5.97 Å². The first-order valence-corrected chi connectivity index (χ1v) is 11.1. The molecule has 2 amide bonds. The highest BCUT2D eigenvalue weighted by Crippen LogP contribution is 2.13. The number of nitrogens with one attached hydrogen (secondary N) is 4. The third-order valence-electron chi connectivity index (χ3n) is 3.29. The molecule has 0 bridgehead atoms. The van der Waals surface area contributed by atoms with Crippen molar-refractivity contribution in [3.8, 4) is 0 Å². The molecular weight excluding hydrogens is 558 g/mol. The monoisotopic (exact) mass is 586 g/mol. The third kappa shape index (κ3) is 21.2. The summed E-state index contributed by atoms with van der Waals surface area (Å²) in [7, 11) is 0. The van der Waals surface area contributed by atoms with Gasteiger partial charge in [0.1, 0.15) is 11.6 Å². The van der Waals surface area contributed by atoms with E-state index >= 15 is 0 Å². The quantitative estimate of drug-likeness (QED) is 0.0816. The van der Waals surface area contributed by atoms with Crippen molar-refractivity contribution in [2.75, 3.05) is 10.6 Å². The maximum absolute atomic E-state index is 13.5. The van der Waals surface area contributed by atoms with Crippen LogP contribution in [0.3, 0.4) is 0 Å². The molecule has 0 saturated heterocycles. The van der Waals surface area contributed by atoms with Gasteiger partial charge in [0.15, 0.2) is 16.5 Å². The minimum atomic E-state index is -0.833.